The van der Waals surface area contributed by atoms with E-state index in [-0.39, 0.29) is 10.0 Å². The Hall–Kier alpha value is -1.04. The zero-order valence-electron chi connectivity index (χ0n) is 7.52. The molecule has 0 bridgehead atoms. The number of aromatic hydroxyl groups is 1. The first kappa shape index (κ1) is 12.0. The van der Waals surface area contributed by atoms with Gasteiger partial charge in [0.15, 0.2) is 5.78 Å². The molecular weight excluding hydrogens is 277 g/mol. The summed E-state index contributed by atoms with van der Waals surface area (Å²) in [6, 6.07) is 1.70. The highest BCUT2D eigenvalue weighted by atomic mass is 79.9. The van der Waals surface area contributed by atoms with Crippen LogP contribution in [0.2, 0.25) is 0 Å². The van der Waals surface area contributed by atoms with Crippen LogP contribution >= 0.6 is 15.9 Å². The van der Waals surface area contributed by atoms with Crippen LogP contribution in [0.4, 0.5) is 13.2 Å². The van der Waals surface area contributed by atoms with Crippen molar-refractivity contribution in [3.05, 3.63) is 27.7 Å². The van der Waals surface area contributed by atoms with E-state index in [4.69, 9.17) is 0 Å². The molecule has 0 aliphatic rings. The molecule has 0 saturated carbocycles. The van der Waals surface area contributed by atoms with Crippen LogP contribution in [-0.2, 0) is 6.18 Å². The Morgan fingerprint density at radius 1 is 1.40 bits per heavy atom. The third-order valence-corrected chi connectivity index (χ3v) is 2.60. The van der Waals surface area contributed by atoms with Gasteiger partial charge in [-0.25, -0.2) is 0 Å². The topological polar surface area (TPSA) is 37.3 Å². The van der Waals surface area contributed by atoms with Crippen molar-refractivity contribution in [3.63, 3.8) is 0 Å². The Bertz CT molecular complexity index is 413. The monoisotopic (exact) mass is 282 g/mol. The van der Waals surface area contributed by atoms with Gasteiger partial charge in [0, 0.05) is 5.56 Å². The van der Waals surface area contributed by atoms with Crippen molar-refractivity contribution in [3.8, 4) is 5.75 Å². The SMILES string of the molecule is CC(=O)c1ccc(C(F)(F)F)c(O)c1Br. The molecule has 0 radical (unpaired) electrons. The number of Topliss-reactive ketones (excluding diaryl/α,β-unsaturated/α-hetero) is 1. The molecule has 1 aromatic rings. The maximum Gasteiger partial charge on any atom is 0.419 e. The molecule has 0 atom stereocenters. The van der Waals surface area contributed by atoms with Crippen molar-refractivity contribution < 1.29 is 23.1 Å². The van der Waals surface area contributed by atoms with Gasteiger partial charge in [-0.2, -0.15) is 13.2 Å². The molecule has 0 aromatic heterocycles. The maximum absolute atomic E-state index is 12.3. The number of halogens is 4. The molecule has 2 nitrogen and oxygen atoms in total. The maximum atomic E-state index is 12.3. The lowest BCUT2D eigenvalue weighted by atomic mass is 10.1. The molecule has 0 aliphatic carbocycles. The van der Waals surface area contributed by atoms with Gasteiger partial charge in [0.1, 0.15) is 5.75 Å². The van der Waals surface area contributed by atoms with E-state index in [1.54, 1.807) is 0 Å². The first-order chi connectivity index (χ1) is 6.75. The lowest BCUT2D eigenvalue weighted by Gasteiger charge is -2.11. The number of carbonyl (C=O) groups is 1. The second-order valence-corrected chi connectivity index (χ2v) is 3.67. The molecule has 1 rings (SSSR count). The van der Waals surface area contributed by atoms with Gasteiger partial charge in [0.2, 0.25) is 0 Å². The quantitative estimate of drug-likeness (QED) is 0.802. The third kappa shape index (κ3) is 2.31. The van der Waals surface area contributed by atoms with Crippen molar-refractivity contribution in [2.75, 3.05) is 0 Å². The fourth-order valence-electron chi connectivity index (χ4n) is 1.07. The largest absolute Gasteiger partial charge is 0.506 e. The van der Waals surface area contributed by atoms with Crippen LogP contribution in [0, 0.1) is 0 Å². The summed E-state index contributed by atoms with van der Waals surface area (Å²) in [7, 11) is 0. The smallest absolute Gasteiger partial charge is 0.419 e. The predicted octanol–water partition coefficient (Wildman–Crippen LogP) is 3.38. The Labute approximate surface area is 91.8 Å². The van der Waals surface area contributed by atoms with Crippen molar-refractivity contribution in [1.82, 2.24) is 0 Å². The van der Waals surface area contributed by atoms with Gasteiger partial charge >= 0.3 is 6.18 Å². The van der Waals surface area contributed by atoms with E-state index in [2.05, 4.69) is 15.9 Å². The van der Waals surface area contributed by atoms with E-state index >= 15 is 0 Å². The lowest BCUT2D eigenvalue weighted by molar-refractivity contribution is -0.138. The van der Waals surface area contributed by atoms with Crippen LogP contribution in [0.15, 0.2) is 16.6 Å². The zero-order chi connectivity index (χ0) is 11.8. The molecule has 0 amide bonds. The van der Waals surface area contributed by atoms with Crippen molar-refractivity contribution in [2.45, 2.75) is 13.1 Å². The van der Waals surface area contributed by atoms with Crippen molar-refractivity contribution in [1.29, 1.82) is 0 Å². The normalized spacial score (nSPS) is 11.5. The van der Waals surface area contributed by atoms with Crippen LogP contribution in [0.1, 0.15) is 22.8 Å². The minimum atomic E-state index is -4.64. The van der Waals surface area contributed by atoms with E-state index in [0.717, 1.165) is 6.07 Å². The molecule has 6 heteroatoms. The number of phenolic OH excluding ortho intramolecular Hbond substituents is 1. The number of benzene rings is 1. The van der Waals surface area contributed by atoms with E-state index in [9.17, 15) is 23.1 Å². The van der Waals surface area contributed by atoms with Crippen LogP contribution in [0.3, 0.4) is 0 Å². The van der Waals surface area contributed by atoms with Gasteiger partial charge in [0.25, 0.3) is 0 Å². The molecule has 1 N–H and O–H groups in total. The number of hydrogen-bond acceptors (Lipinski definition) is 2. The standard InChI is InChI=1S/C9H6BrF3O2/c1-4(14)5-2-3-6(9(11,12)13)8(15)7(5)10/h2-3,15H,1H3. The number of ketones is 1. The average molecular weight is 283 g/mol. The molecule has 0 saturated heterocycles. The number of hydrogen-bond donors (Lipinski definition) is 1. The summed E-state index contributed by atoms with van der Waals surface area (Å²) in [5.74, 6) is -1.39. The molecule has 0 unspecified atom stereocenters. The van der Waals surface area contributed by atoms with E-state index < -0.39 is 23.3 Å². The van der Waals surface area contributed by atoms with Crippen LogP contribution in [-0.4, -0.2) is 10.9 Å². The number of alkyl halides is 3. The number of phenols is 1. The van der Waals surface area contributed by atoms with Gasteiger partial charge in [0.05, 0.1) is 10.0 Å². The highest BCUT2D eigenvalue weighted by Gasteiger charge is 2.35. The summed E-state index contributed by atoms with van der Waals surface area (Å²) in [4.78, 5) is 11.0. The van der Waals surface area contributed by atoms with Gasteiger partial charge in [-0.3, -0.25) is 4.79 Å². The molecule has 15 heavy (non-hydrogen) atoms. The lowest BCUT2D eigenvalue weighted by Crippen LogP contribution is -2.07. The highest BCUT2D eigenvalue weighted by Crippen LogP contribution is 2.40. The third-order valence-electron chi connectivity index (χ3n) is 1.80. The average Bonchev–Trinajstić information content (AvgIpc) is 2.06. The minimum absolute atomic E-state index is 0.0144. The Morgan fingerprint density at radius 3 is 2.33 bits per heavy atom. The van der Waals surface area contributed by atoms with Gasteiger partial charge in [-0.15, -0.1) is 0 Å². The highest BCUT2D eigenvalue weighted by molar-refractivity contribution is 9.10. The van der Waals surface area contributed by atoms with E-state index in [1.165, 1.54) is 6.92 Å². The Kier molecular flexibility index (Phi) is 3.08. The second-order valence-electron chi connectivity index (χ2n) is 2.88. The Morgan fingerprint density at radius 2 is 1.93 bits per heavy atom. The molecule has 82 valence electrons. The van der Waals surface area contributed by atoms with Gasteiger partial charge in [-0.1, -0.05) is 0 Å². The first-order valence-electron chi connectivity index (χ1n) is 3.84. The molecular formula is C9H6BrF3O2. The second kappa shape index (κ2) is 3.84. The van der Waals surface area contributed by atoms with E-state index in [1.807, 2.05) is 0 Å². The number of carbonyl (C=O) groups excluding carboxylic acids is 1. The summed E-state index contributed by atoms with van der Waals surface area (Å²) in [6.45, 7) is 1.20. The van der Waals surface area contributed by atoms with Crippen molar-refractivity contribution in [2.24, 2.45) is 0 Å². The van der Waals surface area contributed by atoms with E-state index in [0.29, 0.717) is 6.07 Å². The van der Waals surface area contributed by atoms with Gasteiger partial charge in [-0.05, 0) is 35.0 Å². The molecule has 1 aromatic carbocycles. The summed E-state index contributed by atoms with van der Waals surface area (Å²) in [5, 5.41) is 9.24. The zero-order valence-corrected chi connectivity index (χ0v) is 9.11. The first-order valence-corrected chi connectivity index (χ1v) is 4.64. The molecule has 0 heterocycles. The van der Waals surface area contributed by atoms with Crippen LogP contribution in [0.5, 0.6) is 5.75 Å². The molecule has 0 fully saturated rings. The number of rotatable bonds is 1. The Balaban J connectivity index is 3.41. The predicted molar refractivity (Wildman–Crippen MR) is 50.8 cm³/mol. The molecule has 0 spiro atoms. The van der Waals surface area contributed by atoms with Crippen molar-refractivity contribution >= 4 is 21.7 Å². The summed E-state index contributed by atoms with van der Waals surface area (Å²) in [6.07, 6.45) is -4.64. The van der Waals surface area contributed by atoms with Crippen LogP contribution < -0.4 is 0 Å². The summed E-state index contributed by atoms with van der Waals surface area (Å²) >= 11 is 2.75. The summed E-state index contributed by atoms with van der Waals surface area (Å²) in [5.41, 5.74) is -1.15. The fourth-order valence-corrected chi connectivity index (χ4v) is 1.69. The van der Waals surface area contributed by atoms with Gasteiger partial charge < -0.3 is 5.11 Å². The summed E-state index contributed by atoms with van der Waals surface area (Å²) < 4.78 is 36.7. The van der Waals surface area contributed by atoms with Crippen LogP contribution in [0.25, 0.3) is 0 Å². The minimum Gasteiger partial charge on any atom is -0.506 e. The molecule has 0 aliphatic heterocycles. The fraction of sp³-hybridized carbons (Fsp3) is 0.222.